The van der Waals surface area contributed by atoms with Gasteiger partial charge in [-0.1, -0.05) is 25.5 Å². The number of aromatic nitrogens is 4. The molecule has 0 spiro atoms. The summed E-state index contributed by atoms with van der Waals surface area (Å²) in [5, 5.41) is 19.1. The molecule has 0 saturated heterocycles. The highest BCUT2D eigenvalue weighted by Crippen LogP contribution is 2.09. The summed E-state index contributed by atoms with van der Waals surface area (Å²) < 4.78 is 1.60. The highest BCUT2D eigenvalue weighted by molar-refractivity contribution is 7.80. The first-order valence-corrected chi connectivity index (χ1v) is 7.53. The van der Waals surface area contributed by atoms with E-state index in [0.29, 0.717) is 5.11 Å². The Labute approximate surface area is 134 Å². The minimum absolute atomic E-state index is 0.532. The van der Waals surface area contributed by atoms with Crippen LogP contribution in [0.2, 0.25) is 0 Å². The molecule has 0 amide bonds. The lowest BCUT2D eigenvalue weighted by atomic mass is 10.1. The zero-order valence-electron chi connectivity index (χ0n) is 12.7. The maximum Gasteiger partial charge on any atom is 0.186 e. The molecule has 2 rings (SSSR count). The van der Waals surface area contributed by atoms with Crippen molar-refractivity contribution < 1.29 is 0 Å². The number of benzene rings is 1. The minimum Gasteiger partial charge on any atom is -0.361 e. The molecule has 22 heavy (non-hydrogen) atoms. The summed E-state index contributed by atoms with van der Waals surface area (Å²) in [6.45, 7) is 4.91. The first-order valence-electron chi connectivity index (χ1n) is 7.12. The zero-order chi connectivity index (χ0) is 15.8. The van der Waals surface area contributed by atoms with Gasteiger partial charge in [0.1, 0.15) is 6.33 Å². The fraction of sp³-hybridized carbons (Fsp3) is 0.357. The molecule has 0 aliphatic carbocycles. The quantitative estimate of drug-likeness (QED) is 0.365. The van der Waals surface area contributed by atoms with Gasteiger partial charge in [-0.15, -0.1) is 5.10 Å². The molecule has 1 aromatic heterocycles. The largest absolute Gasteiger partial charge is 0.361 e. The van der Waals surface area contributed by atoms with Crippen molar-refractivity contribution in [2.24, 2.45) is 5.10 Å². The van der Waals surface area contributed by atoms with Gasteiger partial charge in [-0.25, -0.2) is 4.68 Å². The number of nitrogens with one attached hydrogen (secondary N) is 2. The zero-order valence-corrected chi connectivity index (χ0v) is 13.5. The molecule has 2 aromatic rings. The lowest BCUT2D eigenvalue weighted by Gasteiger charge is -2.08. The molecule has 0 unspecified atom stereocenters. The fourth-order valence-corrected chi connectivity index (χ4v) is 1.92. The Morgan fingerprint density at radius 3 is 3.00 bits per heavy atom. The van der Waals surface area contributed by atoms with Crippen LogP contribution < -0.4 is 10.7 Å². The van der Waals surface area contributed by atoms with Crippen molar-refractivity contribution in [3.63, 3.8) is 0 Å². The number of unbranched alkanes of at least 4 members (excludes halogenated alkanes) is 1. The molecule has 0 fully saturated rings. The molecule has 0 radical (unpaired) electrons. The molecule has 7 nitrogen and oxygen atoms in total. The first-order chi connectivity index (χ1) is 10.7. The third-order valence-corrected chi connectivity index (χ3v) is 3.25. The van der Waals surface area contributed by atoms with Gasteiger partial charge in [-0.2, -0.15) is 5.10 Å². The van der Waals surface area contributed by atoms with E-state index in [2.05, 4.69) is 38.3 Å². The van der Waals surface area contributed by atoms with Crippen LogP contribution in [0.1, 0.15) is 32.3 Å². The Hall–Kier alpha value is -2.35. The van der Waals surface area contributed by atoms with Crippen LogP contribution in [-0.4, -0.2) is 37.6 Å². The van der Waals surface area contributed by atoms with Crippen LogP contribution in [-0.2, 0) is 0 Å². The van der Waals surface area contributed by atoms with Crippen LogP contribution in [0.15, 0.2) is 35.7 Å². The summed E-state index contributed by atoms with van der Waals surface area (Å²) in [5.74, 6) is 0. The Balaban J connectivity index is 2.00. The van der Waals surface area contributed by atoms with E-state index in [1.807, 2.05) is 31.2 Å². The highest BCUT2D eigenvalue weighted by atomic mass is 32.1. The van der Waals surface area contributed by atoms with Crippen molar-refractivity contribution in [3.8, 4) is 5.69 Å². The Bertz CT molecular complexity index is 636. The number of hydrazone groups is 1. The second kappa shape index (κ2) is 8.18. The number of nitrogens with zero attached hydrogens (tertiary/aromatic N) is 5. The average Bonchev–Trinajstić information content (AvgIpc) is 3.07. The number of rotatable bonds is 6. The average molecular weight is 317 g/mol. The summed E-state index contributed by atoms with van der Waals surface area (Å²) in [6, 6.07) is 7.80. The smallest absolute Gasteiger partial charge is 0.186 e. The van der Waals surface area contributed by atoms with Crippen molar-refractivity contribution in [1.29, 1.82) is 0 Å². The molecular weight excluding hydrogens is 298 g/mol. The third kappa shape index (κ3) is 4.59. The van der Waals surface area contributed by atoms with Crippen LogP contribution in [0.25, 0.3) is 5.69 Å². The van der Waals surface area contributed by atoms with Crippen molar-refractivity contribution >= 4 is 23.0 Å². The number of thiocarbonyl (C=S) groups is 1. The molecule has 116 valence electrons. The van der Waals surface area contributed by atoms with Gasteiger partial charge >= 0.3 is 0 Å². The maximum absolute atomic E-state index is 5.17. The van der Waals surface area contributed by atoms with E-state index in [-0.39, 0.29) is 0 Å². The molecule has 0 bridgehead atoms. The summed E-state index contributed by atoms with van der Waals surface area (Å²) >= 11 is 5.17. The maximum atomic E-state index is 5.17. The second-order valence-electron chi connectivity index (χ2n) is 4.72. The van der Waals surface area contributed by atoms with Crippen molar-refractivity contribution in [2.75, 3.05) is 6.54 Å². The van der Waals surface area contributed by atoms with Gasteiger partial charge in [0, 0.05) is 6.54 Å². The van der Waals surface area contributed by atoms with Gasteiger partial charge in [0.2, 0.25) is 0 Å². The molecule has 2 N–H and O–H groups in total. The normalized spacial score (nSPS) is 11.3. The molecule has 1 heterocycles. The van der Waals surface area contributed by atoms with E-state index in [1.54, 1.807) is 11.0 Å². The molecule has 8 heteroatoms. The molecule has 1 aromatic carbocycles. The Morgan fingerprint density at radius 2 is 2.27 bits per heavy atom. The highest BCUT2D eigenvalue weighted by Gasteiger charge is 2.02. The fourth-order valence-electron chi connectivity index (χ4n) is 1.77. The van der Waals surface area contributed by atoms with Crippen LogP contribution in [0.5, 0.6) is 0 Å². The lowest BCUT2D eigenvalue weighted by Crippen LogP contribution is -2.33. The molecular formula is C14H19N7S. The molecule has 0 aliphatic rings. The van der Waals surface area contributed by atoms with Crippen LogP contribution >= 0.6 is 12.2 Å². The van der Waals surface area contributed by atoms with Gasteiger partial charge in [0.05, 0.1) is 11.4 Å². The minimum atomic E-state index is 0.532. The van der Waals surface area contributed by atoms with E-state index in [9.17, 15) is 0 Å². The summed E-state index contributed by atoms with van der Waals surface area (Å²) in [4.78, 5) is 0. The first kappa shape index (κ1) is 16.0. The SMILES string of the molecule is CCCCNC(=S)N/N=C(/C)c1cccc(-n2cnnn2)c1. The standard InChI is InChI=1S/C14H19N7S/c1-3-4-8-15-14(22)18-17-11(2)12-6-5-7-13(9-12)21-10-16-19-20-21/h5-7,9-10H,3-4,8H2,1-2H3,(H2,15,18,22)/b17-11-. The monoisotopic (exact) mass is 317 g/mol. The van der Waals surface area contributed by atoms with E-state index in [4.69, 9.17) is 12.2 Å². The van der Waals surface area contributed by atoms with Crippen LogP contribution in [0.3, 0.4) is 0 Å². The lowest BCUT2D eigenvalue weighted by molar-refractivity contribution is 0.745. The number of hydrogen-bond acceptors (Lipinski definition) is 5. The topological polar surface area (TPSA) is 80.0 Å². The Kier molecular flexibility index (Phi) is 5.96. The molecule has 0 atom stereocenters. The van der Waals surface area contributed by atoms with Gasteiger partial charge in [0.25, 0.3) is 0 Å². The Morgan fingerprint density at radius 1 is 1.41 bits per heavy atom. The van der Waals surface area contributed by atoms with Crippen LogP contribution in [0, 0.1) is 0 Å². The summed E-state index contributed by atoms with van der Waals surface area (Å²) in [5.41, 5.74) is 5.53. The van der Waals surface area contributed by atoms with E-state index in [1.165, 1.54) is 0 Å². The molecule has 0 saturated carbocycles. The van der Waals surface area contributed by atoms with Gasteiger partial charge in [-0.05, 0) is 53.7 Å². The van der Waals surface area contributed by atoms with E-state index >= 15 is 0 Å². The summed E-state index contributed by atoms with van der Waals surface area (Å²) in [7, 11) is 0. The second-order valence-corrected chi connectivity index (χ2v) is 5.13. The van der Waals surface area contributed by atoms with Crippen molar-refractivity contribution in [1.82, 2.24) is 30.9 Å². The van der Waals surface area contributed by atoms with E-state index in [0.717, 1.165) is 36.3 Å². The third-order valence-electron chi connectivity index (χ3n) is 3.02. The van der Waals surface area contributed by atoms with Crippen molar-refractivity contribution in [3.05, 3.63) is 36.2 Å². The predicted octanol–water partition coefficient (Wildman–Crippen LogP) is 1.65. The van der Waals surface area contributed by atoms with Crippen LogP contribution in [0.4, 0.5) is 0 Å². The predicted molar refractivity (Wildman–Crippen MR) is 90.0 cm³/mol. The van der Waals surface area contributed by atoms with Gasteiger partial charge in [0.15, 0.2) is 5.11 Å². The molecule has 0 aliphatic heterocycles. The summed E-state index contributed by atoms with van der Waals surface area (Å²) in [6.07, 6.45) is 3.76. The number of tetrazole rings is 1. The number of hydrogen-bond donors (Lipinski definition) is 2. The van der Waals surface area contributed by atoms with E-state index < -0.39 is 0 Å². The van der Waals surface area contributed by atoms with Gasteiger partial charge in [-0.3, -0.25) is 5.43 Å². The van der Waals surface area contributed by atoms with Gasteiger partial charge < -0.3 is 5.32 Å². The van der Waals surface area contributed by atoms with Crippen molar-refractivity contribution in [2.45, 2.75) is 26.7 Å².